The number of carbonyl (C=O) groups is 2. The highest BCUT2D eigenvalue weighted by atomic mass is 32.1. The second kappa shape index (κ2) is 8.33. The molecule has 3 rings (SSSR count). The summed E-state index contributed by atoms with van der Waals surface area (Å²) >= 11 is 1.27. The van der Waals surface area contributed by atoms with Crippen LogP contribution in [0.1, 0.15) is 17.0 Å². The van der Waals surface area contributed by atoms with Gasteiger partial charge >= 0.3 is 0 Å². The van der Waals surface area contributed by atoms with Crippen LogP contribution in [0.25, 0.3) is 0 Å². The standard InChI is InChI=1S/C17H19FN4O3S/c1-25-10-14-20-21-17(26-14)22-9-12(8-15(22)23)16(24)19-7-6-11-4-2-3-5-13(11)18/h2-5,12H,6-10H2,1H3,(H,19,24). The zero-order valence-corrected chi connectivity index (χ0v) is 15.1. The molecule has 0 bridgehead atoms. The first-order chi connectivity index (χ1) is 12.6. The van der Waals surface area contributed by atoms with Crippen LogP contribution >= 0.6 is 11.3 Å². The molecule has 1 N–H and O–H groups in total. The SMILES string of the molecule is COCc1nnc(N2CC(C(=O)NCCc3ccccc3F)CC2=O)s1. The van der Waals surface area contributed by atoms with Crippen molar-refractivity contribution in [3.63, 3.8) is 0 Å². The number of aromatic nitrogens is 2. The van der Waals surface area contributed by atoms with Crippen LogP contribution in [0.5, 0.6) is 0 Å². The maximum atomic E-state index is 13.6. The van der Waals surface area contributed by atoms with Gasteiger partial charge in [0.05, 0.1) is 5.92 Å². The van der Waals surface area contributed by atoms with Crippen LogP contribution < -0.4 is 10.2 Å². The van der Waals surface area contributed by atoms with Crippen LogP contribution in [0, 0.1) is 11.7 Å². The molecular formula is C17H19FN4O3S. The summed E-state index contributed by atoms with van der Waals surface area (Å²) in [5.74, 6) is -1.09. The molecule has 1 aliphatic heterocycles. The van der Waals surface area contributed by atoms with E-state index in [-0.39, 0.29) is 30.6 Å². The first-order valence-corrected chi connectivity index (χ1v) is 9.03. The summed E-state index contributed by atoms with van der Waals surface area (Å²) in [5, 5.41) is 11.9. The predicted molar refractivity (Wildman–Crippen MR) is 94.2 cm³/mol. The molecule has 9 heteroatoms. The number of nitrogens with zero attached hydrogens (tertiary/aromatic N) is 3. The number of methoxy groups -OCH3 is 1. The number of carbonyl (C=O) groups excluding carboxylic acids is 2. The van der Waals surface area contributed by atoms with Crippen LogP contribution in [-0.4, -0.2) is 42.2 Å². The van der Waals surface area contributed by atoms with Crippen LogP contribution in [-0.2, 0) is 27.4 Å². The van der Waals surface area contributed by atoms with E-state index in [0.29, 0.717) is 35.3 Å². The zero-order chi connectivity index (χ0) is 18.5. The molecule has 0 radical (unpaired) electrons. The Kier molecular flexibility index (Phi) is 5.89. The van der Waals surface area contributed by atoms with E-state index < -0.39 is 5.92 Å². The van der Waals surface area contributed by atoms with Crippen molar-refractivity contribution in [1.29, 1.82) is 0 Å². The number of amides is 2. The number of hydrogen-bond donors (Lipinski definition) is 1. The summed E-state index contributed by atoms with van der Waals surface area (Å²) in [4.78, 5) is 26.0. The average Bonchev–Trinajstić information content (AvgIpc) is 3.23. The van der Waals surface area contributed by atoms with Crippen molar-refractivity contribution < 1.29 is 18.7 Å². The summed E-state index contributed by atoms with van der Waals surface area (Å²) in [6.07, 6.45) is 0.532. The Morgan fingerprint density at radius 3 is 3.00 bits per heavy atom. The molecule has 26 heavy (non-hydrogen) atoms. The predicted octanol–water partition coefficient (Wildman–Crippen LogP) is 1.54. The molecule has 1 aliphatic rings. The van der Waals surface area contributed by atoms with Gasteiger partial charge in [-0.05, 0) is 18.1 Å². The van der Waals surface area contributed by atoms with Crippen molar-refractivity contribution in [2.45, 2.75) is 19.4 Å². The van der Waals surface area contributed by atoms with Crippen LogP contribution in [0.4, 0.5) is 9.52 Å². The number of benzene rings is 1. The van der Waals surface area contributed by atoms with E-state index in [2.05, 4.69) is 15.5 Å². The van der Waals surface area contributed by atoms with Crippen molar-refractivity contribution in [1.82, 2.24) is 15.5 Å². The van der Waals surface area contributed by atoms with Crippen molar-refractivity contribution in [3.05, 3.63) is 40.7 Å². The third kappa shape index (κ3) is 4.23. The minimum atomic E-state index is -0.446. The second-order valence-corrected chi connectivity index (χ2v) is 6.99. The average molecular weight is 378 g/mol. The number of hydrogen-bond acceptors (Lipinski definition) is 6. The van der Waals surface area contributed by atoms with Crippen LogP contribution in [0.3, 0.4) is 0 Å². The topological polar surface area (TPSA) is 84.4 Å². The first-order valence-electron chi connectivity index (χ1n) is 8.21. The van der Waals surface area contributed by atoms with Crippen molar-refractivity contribution in [3.8, 4) is 0 Å². The quantitative estimate of drug-likeness (QED) is 0.790. The molecule has 1 saturated heterocycles. The Hall–Kier alpha value is -2.39. The van der Waals surface area contributed by atoms with Gasteiger partial charge < -0.3 is 10.1 Å². The van der Waals surface area contributed by atoms with Gasteiger partial charge in [0.1, 0.15) is 17.4 Å². The van der Waals surface area contributed by atoms with E-state index in [4.69, 9.17) is 4.74 Å². The third-order valence-electron chi connectivity index (χ3n) is 4.10. The summed E-state index contributed by atoms with van der Waals surface area (Å²) in [5.41, 5.74) is 0.552. The van der Waals surface area contributed by atoms with E-state index in [1.165, 1.54) is 22.3 Å². The molecule has 138 valence electrons. The van der Waals surface area contributed by atoms with Gasteiger partial charge in [-0.25, -0.2) is 4.39 Å². The number of ether oxygens (including phenoxy) is 1. The molecule has 0 spiro atoms. The summed E-state index contributed by atoms with van der Waals surface area (Å²) in [6, 6.07) is 6.47. The molecule has 2 aromatic rings. The largest absolute Gasteiger partial charge is 0.377 e. The lowest BCUT2D eigenvalue weighted by Crippen LogP contribution is -2.34. The van der Waals surface area contributed by atoms with Gasteiger partial charge in [-0.2, -0.15) is 0 Å². The molecule has 1 unspecified atom stereocenters. The highest BCUT2D eigenvalue weighted by molar-refractivity contribution is 7.15. The lowest BCUT2D eigenvalue weighted by molar-refractivity contribution is -0.126. The highest BCUT2D eigenvalue weighted by Crippen LogP contribution is 2.28. The Morgan fingerprint density at radius 1 is 1.42 bits per heavy atom. The number of halogens is 1. The number of rotatable bonds is 7. The van der Waals surface area contributed by atoms with E-state index in [1.54, 1.807) is 25.3 Å². The fourth-order valence-electron chi connectivity index (χ4n) is 2.77. The molecule has 0 aliphatic carbocycles. The molecule has 1 atom stereocenters. The van der Waals surface area contributed by atoms with E-state index in [9.17, 15) is 14.0 Å². The monoisotopic (exact) mass is 378 g/mol. The maximum Gasteiger partial charge on any atom is 0.229 e. The van der Waals surface area contributed by atoms with Gasteiger partial charge in [-0.3, -0.25) is 14.5 Å². The minimum absolute atomic E-state index is 0.130. The lowest BCUT2D eigenvalue weighted by atomic mass is 10.1. The Morgan fingerprint density at radius 2 is 2.23 bits per heavy atom. The molecule has 7 nitrogen and oxygen atoms in total. The van der Waals surface area contributed by atoms with E-state index >= 15 is 0 Å². The van der Waals surface area contributed by atoms with Crippen molar-refractivity contribution >= 4 is 28.3 Å². The Balaban J connectivity index is 1.52. The molecular weight excluding hydrogens is 359 g/mol. The molecule has 2 heterocycles. The molecule has 0 saturated carbocycles. The van der Waals surface area contributed by atoms with Crippen molar-refractivity contribution in [2.24, 2.45) is 5.92 Å². The molecule has 2 amide bonds. The Labute approximate surface area is 154 Å². The summed E-state index contributed by atoms with van der Waals surface area (Å²) < 4.78 is 18.6. The first kappa shape index (κ1) is 18.4. The second-order valence-electron chi connectivity index (χ2n) is 5.95. The van der Waals surface area contributed by atoms with Gasteiger partial charge in [0, 0.05) is 26.6 Å². The fraction of sp³-hybridized carbons (Fsp3) is 0.412. The smallest absolute Gasteiger partial charge is 0.229 e. The molecule has 1 aromatic heterocycles. The Bertz CT molecular complexity index is 798. The highest BCUT2D eigenvalue weighted by Gasteiger charge is 2.36. The van der Waals surface area contributed by atoms with Gasteiger partial charge in [0.2, 0.25) is 16.9 Å². The minimum Gasteiger partial charge on any atom is -0.377 e. The van der Waals surface area contributed by atoms with Gasteiger partial charge in [-0.1, -0.05) is 29.5 Å². The van der Waals surface area contributed by atoms with E-state index in [0.717, 1.165) is 0 Å². The maximum absolute atomic E-state index is 13.6. The molecule has 1 fully saturated rings. The number of anilines is 1. The van der Waals surface area contributed by atoms with Crippen LogP contribution in [0.15, 0.2) is 24.3 Å². The van der Waals surface area contributed by atoms with E-state index in [1.807, 2.05) is 0 Å². The zero-order valence-electron chi connectivity index (χ0n) is 14.3. The van der Waals surface area contributed by atoms with Crippen molar-refractivity contribution in [2.75, 3.05) is 25.1 Å². The summed E-state index contributed by atoms with van der Waals surface area (Å²) in [7, 11) is 1.56. The lowest BCUT2D eigenvalue weighted by Gasteiger charge is -2.12. The number of nitrogens with one attached hydrogen (secondary N) is 1. The normalized spacial score (nSPS) is 16.9. The summed E-state index contributed by atoms with van der Waals surface area (Å²) in [6.45, 7) is 0.924. The van der Waals surface area contributed by atoms with Gasteiger partial charge in [0.15, 0.2) is 0 Å². The van der Waals surface area contributed by atoms with Crippen LogP contribution in [0.2, 0.25) is 0 Å². The molecule has 1 aromatic carbocycles. The van der Waals surface area contributed by atoms with Gasteiger partial charge in [-0.15, -0.1) is 10.2 Å². The third-order valence-corrected chi connectivity index (χ3v) is 5.02. The van der Waals surface area contributed by atoms with Gasteiger partial charge in [0.25, 0.3) is 0 Å². The fourth-order valence-corrected chi connectivity index (χ4v) is 3.61.